The molecule has 4 aliphatic heterocycles. The predicted octanol–water partition coefficient (Wildman–Crippen LogP) is 5.57. The summed E-state index contributed by atoms with van der Waals surface area (Å²) >= 11 is 12.8. The largest absolute Gasteiger partial charge is 0.352 e. The zero-order chi connectivity index (χ0) is 41.2. The van der Waals surface area contributed by atoms with Gasteiger partial charge in [0, 0.05) is 48.4 Å². The molecule has 4 aromatic rings. The van der Waals surface area contributed by atoms with Gasteiger partial charge in [-0.05, 0) is 74.5 Å². The molecule has 8 amide bonds. The second-order valence-corrected chi connectivity index (χ2v) is 15.1. The number of anilines is 2. The van der Waals surface area contributed by atoms with E-state index in [9.17, 15) is 28.8 Å². The van der Waals surface area contributed by atoms with Gasteiger partial charge in [-0.1, -0.05) is 83.3 Å². The topological polar surface area (TPSA) is 139 Å². The van der Waals surface area contributed by atoms with Gasteiger partial charge in [-0.25, -0.2) is 19.4 Å². The minimum atomic E-state index is -1.17. The van der Waals surface area contributed by atoms with Gasteiger partial charge >= 0.3 is 12.1 Å². The van der Waals surface area contributed by atoms with Crippen LogP contribution in [-0.4, -0.2) is 82.7 Å². The summed E-state index contributed by atoms with van der Waals surface area (Å²) in [5, 5.41) is 5.93. The van der Waals surface area contributed by atoms with Gasteiger partial charge in [0.15, 0.2) is 0 Å². The standard InChI is InChI=1S/2C22H18ClN3O3/c2*1-22-14-19(27)26(21(29)25(22)12-11-24-20(22)28)18-10-9-16(13-17(18)23)8-7-15-5-3-2-4-6-15/h2*2-6,9-10,13H,11-12,14H2,1H3,(H,24,28)/t2*22-/m10/s1. The molecule has 4 saturated heterocycles. The van der Waals surface area contributed by atoms with Crippen LogP contribution in [0.4, 0.5) is 21.0 Å². The van der Waals surface area contributed by atoms with E-state index in [1.54, 1.807) is 50.2 Å². The van der Waals surface area contributed by atoms with Crippen LogP contribution in [0.5, 0.6) is 0 Å². The second-order valence-electron chi connectivity index (χ2n) is 14.3. The highest BCUT2D eigenvalue weighted by Crippen LogP contribution is 2.37. The minimum absolute atomic E-state index is 0.101. The van der Waals surface area contributed by atoms with Crippen molar-refractivity contribution < 1.29 is 28.8 Å². The van der Waals surface area contributed by atoms with Gasteiger partial charge in [0.1, 0.15) is 11.1 Å². The molecule has 0 unspecified atom stereocenters. The molecule has 4 aliphatic rings. The van der Waals surface area contributed by atoms with Gasteiger partial charge in [-0.2, -0.15) is 0 Å². The third-order valence-corrected chi connectivity index (χ3v) is 11.0. The Labute approximate surface area is 345 Å². The zero-order valence-corrected chi connectivity index (χ0v) is 33.0. The number of rotatable bonds is 2. The van der Waals surface area contributed by atoms with E-state index in [1.165, 1.54) is 9.80 Å². The summed E-state index contributed by atoms with van der Waals surface area (Å²) in [6.07, 6.45) is -0.201. The van der Waals surface area contributed by atoms with E-state index in [0.717, 1.165) is 20.9 Å². The van der Waals surface area contributed by atoms with Crippen molar-refractivity contribution in [1.29, 1.82) is 0 Å². The molecule has 0 aliphatic carbocycles. The Balaban J connectivity index is 0.000000177. The number of carbonyl (C=O) groups is 6. The Kier molecular flexibility index (Phi) is 11.0. The molecule has 14 heteroatoms. The fourth-order valence-electron chi connectivity index (χ4n) is 7.19. The van der Waals surface area contributed by atoms with Crippen LogP contribution in [0.15, 0.2) is 97.1 Å². The smallest absolute Gasteiger partial charge is 0.332 e. The van der Waals surface area contributed by atoms with Crippen LogP contribution in [0, 0.1) is 23.7 Å². The van der Waals surface area contributed by atoms with Crippen molar-refractivity contribution in [3.63, 3.8) is 0 Å². The maximum Gasteiger partial charge on any atom is 0.332 e. The van der Waals surface area contributed by atoms with Gasteiger partial charge < -0.3 is 20.4 Å². The summed E-state index contributed by atoms with van der Waals surface area (Å²) in [6, 6.07) is 27.9. The molecule has 0 saturated carbocycles. The monoisotopic (exact) mass is 814 g/mol. The summed E-state index contributed by atoms with van der Waals surface area (Å²) in [5.74, 6) is 10.6. The molecule has 0 spiro atoms. The molecule has 4 aromatic carbocycles. The van der Waals surface area contributed by atoms with Crippen LogP contribution in [0.2, 0.25) is 10.0 Å². The van der Waals surface area contributed by atoms with Crippen molar-refractivity contribution in [2.24, 2.45) is 0 Å². The van der Waals surface area contributed by atoms with E-state index >= 15 is 0 Å². The Morgan fingerprint density at radius 2 is 0.879 bits per heavy atom. The summed E-state index contributed by atoms with van der Waals surface area (Å²) < 4.78 is 0. The Hall–Kier alpha value is -6.60. The number of hydrogen-bond acceptors (Lipinski definition) is 6. The molecule has 8 rings (SSSR count). The summed E-state index contributed by atoms with van der Waals surface area (Å²) in [5.41, 5.74) is 1.32. The highest BCUT2D eigenvalue weighted by atomic mass is 35.5. The third kappa shape index (κ3) is 7.60. The number of nitrogens with zero attached hydrogens (tertiary/aromatic N) is 4. The molecule has 0 radical (unpaired) electrons. The van der Waals surface area contributed by atoms with E-state index in [4.69, 9.17) is 23.2 Å². The molecule has 0 aromatic heterocycles. The summed E-state index contributed by atoms with van der Waals surface area (Å²) in [6.45, 7) is 4.59. The van der Waals surface area contributed by atoms with E-state index in [1.807, 2.05) is 60.7 Å². The number of nitrogens with one attached hydrogen (secondary N) is 2. The van der Waals surface area contributed by atoms with Crippen LogP contribution < -0.4 is 20.4 Å². The van der Waals surface area contributed by atoms with Crippen molar-refractivity contribution in [2.75, 3.05) is 36.0 Å². The van der Waals surface area contributed by atoms with Crippen molar-refractivity contribution in [1.82, 2.24) is 20.4 Å². The van der Waals surface area contributed by atoms with Crippen LogP contribution >= 0.6 is 23.2 Å². The van der Waals surface area contributed by atoms with E-state index in [-0.39, 0.29) is 34.7 Å². The van der Waals surface area contributed by atoms with E-state index in [2.05, 4.69) is 34.3 Å². The highest BCUT2D eigenvalue weighted by molar-refractivity contribution is 6.36. The van der Waals surface area contributed by atoms with Crippen molar-refractivity contribution in [3.8, 4) is 23.7 Å². The summed E-state index contributed by atoms with van der Waals surface area (Å²) in [7, 11) is 0. The molecule has 58 heavy (non-hydrogen) atoms. The fraction of sp³-hybridized carbons (Fsp3) is 0.227. The van der Waals surface area contributed by atoms with Crippen LogP contribution in [-0.2, 0) is 19.2 Å². The molecular weight excluding hydrogens is 779 g/mol. The first-order valence-corrected chi connectivity index (χ1v) is 19.1. The molecule has 2 atom stereocenters. The lowest BCUT2D eigenvalue weighted by molar-refractivity contribution is -0.140. The first-order valence-electron chi connectivity index (χ1n) is 18.4. The van der Waals surface area contributed by atoms with Gasteiger partial charge in [0.25, 0.3) is 0 Å². The Morgan fingerprint density at radius 3 is 1.24 bits per heavy atom. The number of urea groups is 2. The minimum Gasteiger partial charge on any atom is -0.352 e. The fourth-order valence-corrected chi connectivity index (χ4v) is 7.72. The lowest BCUT2D eigenvalue weighted by atomic mass is 9.89. The SMILES string of the molecule is C[C@@]12CC(=O)N(c3ccc(C#Cc4ccccc4)cc3Cl)C(=O)N1CCNC2=O.C[C@]12CC(=O)N(c3ccc(C#Cc4ccccc4)cc3Cl)C(=O)N1CCNC2=O. The maximum atomic E-state index is 13.0. The molecular formula is C44H36Cl2N6O6. The first kappa shape index (κ1) is 39.6. The third-order valence-electron chi connectivity index (χ3n) is 10.4. The molecule has 4 fully saturated rings. The quantitative estimate of drug-likeness (QED) is 0.254. The van der Waals surface area contributed by atoms with E-state index in [0.29, 0.717) is 48.7 Å². The van der Waals surface area contributed by atoms with E-state index < -0.39 is 35.0 Å². The number of benzene rings is 4. The second kappa shape index (κ2) is 16.1. The number of halogens is 2. The van der Waals surface area contributed by atoms with Crippen molar-refractivity contribution in [3.05, 3.63) is 129 Å². The average molecular weight is 816 g/mol. The molecule has 2 N–H and O–H groups in total. The zero-order valence-electron chi connectivity index (χ0n) is 31.5. The van der Waals surface area contributed by atoms with Crippen LogP contribution in [0.3, 0.4) is 0 Å². The number of carbonyl (C=O) groups excluding carboxylic acids is 6. The number of hydrogen-bond donors (Lipinski definition) is 2. The Morgan fingerprint density at radius 1 is 0.517 bits per heavy atom. The lowest BCUT2D eigenvalue weighted by Crippen LogP contribution is -2.72. The van der Waals surface area contributed by atoms with Crippen LogP contribution in [0.25, 0.3) is 0 Å². The van der Waals surface area contributed by atoms with Gasteiger partial charge in [0.2, 0.25) is 23.6 Å². The molecule has 12 nitrogen and oxygen atoms in total. The normalized spacial score (nSPS) is 21.2. The average Bonchev–Trinajstić information content (AvgIpc) is 3.20. The molecule has 0 bridgehead atoms. The van der Waals surface area contributed by atoms with Crippen LogP contribution in [0.1, 0.15) is 48.9 Å². The maximum absolute atomic E-state index is 13.0. The molecule has 292 valence electrons. The first-order chi connectivity index (χ1) is 27.8. The number of imide groups is 2. The molecule has 4 heterocycles. The number of amides is 8. The lowest BCUT2D eigenvalue weighted by Gasteiger charge is -2.48. The predicted molar refractivity (Wildman–Crippen MR) is 219 cm³/mol. The Bertz CT molecular complexity index is 2320. The van der Waals surface area contributed by atoms with Gasteiger partial charge in [-0.15, -0.1) is 0 Å². The summed E-state index contributed by atoms with van der Waals surface area (Å²) in [4.78, 5) is 81.1. The van der Waals surface area contributed by atoms with Gasteiger partial charge in [-0.3, -0.25) is 19.2 Å². The van der Waals surface area contributed by atoms with Crippen molar-refractivity contribution in [2.45, 2.75) is 37.8 Å². The van der Waals surface area contributed by atoms with Crippen molar-refractivity contribution >= 4 is 70.3 Å². The number of piperazine rings is 2. The van der Waals surface area contributed by atoms with Gasteiger partial charge in [0.05, 0.1) is 34.3 Å². The highest BCUT2D eigenvalue weighted by Gasteiger charge is 2.54. The number of fused-ring (bicyclic) bond motifs is 2.